The first-order valence-electron chi connectivity index (χ1n) is 3.39. The highest BCUT2D eigenvalue weighted by Crippen LogP contribution is 2.01. The molecule has 0 aromatic rings. The molecule has 11 heavy (non-hydrogen) atoms. The van der Waals surface area contributed by atoms with E-state index in [1.807, 2.05) is 0 Å². The molecule has 0 aromatic heterocycles. The first-order valence-corrected chi connectivity index (χ1v) is 5.04. The molecule has 0 heterocycles. The van der Waals surface area contributed by atoms with Crippen molar-refractivity contribution in [3.8, 4) is 0 Å². The molecule has 0 saturated carbocycles. The van der Waals surface area contributed by atoms with Crippen LogP contribution >= 0.6 is 0 Å². The van der Waals surface area contributed by atoms with Gasteiger partial charge in [-0.25, -0.2) is 13.1 Å². The van der Waals surface area contributed by atoms with Crippen molar-refractivity contribution in [3.63, 3.8) is 0 Å². The molecule has 0 aliphatic rings. The van der Waals surface area contributed by atoms with Gasteiger partial charge in [-0.05, 0) is 20.8 Å². The second-order valence-corrected chi connectivity index (χ2v) is 5.19. The Balaban J connectivity index is 4.26. The van der Waals surface area contributed by atoms with Gasteiger partial charge in [0.25, 0.3) is 0 Å². The summed E-state index contributed by atoms with van der Waals surface area (Å²) in [5, 5.41) is 0. The lowest BCUT2D eigenvalue weighted by Crippen LogP contribution is -2.41. The average molecular weight is 177 g/mol. The summed E-state index contributed by atoms with van der Waals surface area (Å²) < 4.78 is 24.6. The van der Waals surface area contributed by atoms with Crippen molar-refractivity contribution in [3.05, 3.63) is 12.7 Å². The molecule has 0 fully saturated rings. The van der Waals surface area contributed by atoms with E-state index in [-0.39, 0.29) is 5.75 Å². The Kier molecular flexibility index (Phi) is 3.26. The number of rotatable bonds is 3. The summed E-state index contributed by atoms with van der Waals surface area (Å²) in [6.45, 7) is 8.75. The van der Waals surface area contributed by atoms with Crippen LogP contribution in [0.5, 0.6) is 0 Å². The second-order valence-electron chi connectivity index (χ2n) is 3.42. The summed E-state index contributed by atoms with van der Waals surface area (Å²) in [5.74, 6) is -0.0235. The van der Waals surface area contributed by atoms with Crippen LogP contribution in [0.15, 0.2) is 12.7 Å². The van der Waals surface area contributed by atoms with E-state index in [2.05, 4.69) is 11.3 Å². The zero-order chi connectivity index (χ0) is 9.12. The number of hydrogen-bond donors (Lipinski definition) is 1. The highest BCUT2D eigenvalue weighted by molar-refractivity contribution is 7.89. The normalized spacial score (nSPS) is 13.0. The highest BCUT2D eigenvalue weighted by atomic mass is 32.2. The maximum atomic E-state index is 11.1. The van der Waals surface area contributed by atoms with Crippen LogP contribution in [0.25, 0.3) is 0 Å². The Labute approximate surface area is 68.5 Å². The van der Waals surface area contributed by atoms with E-state index in [0.29, 0.717) is 0 Å². The van der Waals surface area contributed by atoms with Crippen LogP contribution in [0.4, 0.5) is 0 Å². The van der Waals surface area contributed by atoms with Gasteiger partial charge in [-0.15, -0.1) is 6.58 Å². The Morgan fingerprint density at radius 3 is 2.18 bits per heavy atom. The lowest BCUT2D eigenvalue weighted by molar-refractivity contribution is 0.493. The van der Waals surface area contributed by atoms with Crippen molar-refractivity contribution in [1.29, 1.82) is 0 Å². The van der Waals surface area contributed by atoms with Crippen LogP contribution in [0.1, 0.15) is 20.8 Å². The minimum Gasteiger partial charge on any atom is -0.212 e. The molecule has 0 rings (SSSR count). The van der Waals surface area contributed by atoms with Gasteiger partial charge in [0, 0.05) is 5.54 Å². The zero-order valence-electron chi connectivity index (χ0n) is 7.22. The summed E-state index contributed by atoms with van der Waals surface area (Å²) in [7, 11) is -3.16. The lowest BCUT2D eigenvalue weighted by atomic mass is 10.1. The van der Waals surface area contributed by atoms with Crippen molar-refractivity contribution in [2.24, 2.45) is 0 Å². The molecule has 0 radical (unpaired) electrons. The van der Waals surface area contributed by atoms with Crippen LogP contribution < -0.4 is 4.72 Å². The quantitative estimate of drug-likeness (QED) is 0.651. The van der Waals surface area contributed by atoms with Crippen LogP contribution in [0, 0.1) is 0 Å². The molecular weight excluding hydrogens is 162 g/mol. The minimum absolute atomic E-state index is 0.0235. The van der Waals surface area contributed by atoms with Crippen molar-refractivity contribution in [1.82, 2.24) is 4.72 Å². The third kappa shape index (κ3) is 6.06. The van der Waals surface area contributed by atoms with Crippen LogP contribution in [-0.4, -0.2) is 19.7 Å². The fraction of sp³-hybridized carbons (Fsp3) is 0.714. The van der Waals surface area contributed by atoms with E-state index in [0.717, 1.165) is 0 Å². The molecule has 0 aliphatic heterocycles. The summed E-state index contributed by atoms with van der Waals surface area (Å²) in [6, 6.07) is 0. The molecule has 1 N–H and O–H groups in total. The van der Waals surface area contributed by atoms with Gasteiger partial charge in [0.05, 0.1) is 5.75 Å². The first kappa shape index (κ1) is 10.7. The molecule has 0 unspecified atom stereocenters. The maximum Gasteiger partial charge on any atom is 0.215 e. The van der Waals surface area contributed by atoms with E-state index in [4.69, 9.17) is 0 Å². The second kappa shape index (κ2) is 3.36. The zero-order valence-corrected chi connectivity index (χ0v) is 8.03. The highest BCUT2D eigenvalue weighted by Gasteiger charge is 2.17. The van der Waals surface area contributed by atoms with Crippen molar-refractivity contribution >= 4 is 10.0 Å². The third-order valence-corrected chi connectivity index (χ3v) is 2.40. The first-order chi connectivity index (χ1) is 4.77. The Morgan fingerprint density at radius 2 is 1.91 bits per heavy atom. The predicted octanol–water partition coefficient (Wildman–Crippen LogP) is 0.890. The topological polar surface area (TPSA) is 46.2 Å². The molecule has 66 valence electrons. The van der Waals surface area contributed by atoms with Gasteiger partial charge in [-0.3, -0.25) is 0 Å². The largest absolute Gasteiger partial charge is 0.215 e. The van der Waals surface area contributed by atoms with Gasteiger partial charge < -0.3 is 0 Å². The summed E-state index contributed by atoms with van der Waals surface area (Å²) in [5.41, 5.74) is -0.401. The molecule has 4 heteroatoms. The molecule has 0 aliphatic carbocycles. The van der Waals surface area contributed by atoms with Gasteiger partial charge in [0.1, 0.15) is 0 Å². The Hall–Kier alpha value is -0.350. The van der Waals surface area contributed by atoms with Crippen molar-refractivity contribution in [2.75, 3.05) is 5.75 Å². The fourth-order valence-corrected chi connectivity index (χ4v) is 1.99. The number of nitrogens with one attached hydrogen (secondary N) is 1. The van der Waals surface area contributed by atoms with E-state index in [1.165, 1.54) is 6.08 Å². The molecule has 0 spiro atoms. The van der Waals surface area contributed by atoms with E-state index >= 15 is 0 Å². The van der Waals surface area contributed by atoms with Crippen molar-refractivity contribution in [2.45, 2.75) is 26.3 Å². The number of sulfonamides is 1. The molecule has 0 saturated heterocycles. The average Bonchev–Trinajstić information content (AvgIpc) is 1.55. The Bertz CT molecular complexity index is 223. The molecule has 0 aromatic carbocycles. The summed E-state index contributed by atoms with van der Waals surface area (Å²) in [4.78, 5) is 0. The standard InChI is InChI=1S/C7H15NO2S/c1-5-6-11(9,10)8-7(2,3)4/h5,8H,1,6H2,2-4H3. The lowest BCUT2D eigenvalue weighted by Gasteiger charge is -2.19. The van der Waals surface area contributed by atoms with E-state index < -0.39 is 15.6 Å². The monoisotopic (exact) mass is 177 g/mol. The van der Waals surface area contributed by atoms with Gasteiger partial charge in [-0.1, -0.05) is 6.08 Å². The van der Waals surface area contributed by atoms with Gasteiger partial charge >= 0.3 is 0 Å². The van der Waals surface area contributed by atoms with Gasteiger partial charge in [0.2, 0.25) is 10.0 Å². The van der Waals surface area contributed by atoms with E-state index in [1.54, 1.807) is 20.8 Å². The van der Waals surface area contributed by atoms with Gasteiger partial charge in [0.15, 0.2) is 0 Å². The SMILES string of the molecule is C=CCS(=O)(=O)NC(C)(C)C. The van der Waals surface area contributed by atoms with E-state index in [9.17, 15) is 8.42 Å². The third-order valence-electron chi connectivity index (χ3n) is 0.799. The molecule has 3 nitrogen and oxygen atoms in total. The summed E-state index contributed by atoms with van der Waals surface area (Å²) in [6.07, 6.45) is 1.37. The van der Waals surface area contributed by atoms with Crippen LogP contribution in [0.3, 0.4) is 0 Å². The van der Waals surface area contributed by atoms with Crippen molar-refractivity contribution < 1.29 is 8.42 Å². The number of hydrogen-bond acceptors (Lipinski definition) is 2. The molecular formula is C7H15NO2S. The molecule has 0 amide bonds. The van der Waals surface area contributed by atoms with Gasteiger partial charge in [-0.2, -0.15) is 0 Å². The maximum absolute atomic E-state index is 11.1. The molecule has 0 bridgehead atoms. The minimum atomic E-state index is -3.16. The van der Waals surface area contributed by atoms with Crippen LogP contribution in [-0.2, 0) is 10.0 Å². The smallest absolute Gasteiger partial charge is 0.212 e. The molecule has 0 atom stereocenters. The fourth-order valence-electron chi connectivity index (χ4n) is 0.663. The predicted molar refractivity (Wildman–Crippen MR) is 46.9 cm³/mol. The van der Waals surface area contributed by atoms with Crippen LogP contribution in [0.2, 0.25) is 0 Å². The summed E-state index contributed by atoms with van der Waals surface area (Å²) >= 11 is 0. The Morgan fingerprint density at radius 1 is 1.45 bits per heavy atom.